The molecule has 1 aliphatic rings. The SMILES string of the molecule is Nc1ccc(-c2nnc3n2CCc2ccccc2-3)cc1. The van der Waals surface area contributed by atoms with Crippen molar-refractivity contribution in [2.75, 3.05) is 5.73 Å². The van der Waals surface area contributed by atoms with Gasteiger partial charge in [-0.25, -0.2) is 0 Å². The Bertz CT molecular complexity index is 771. The second-order valence-electron chi connectivity index (χ2n) is 5.03. The van der Waals surface area contributed by atoms with Gasteiger partial charge in [0.2, 0.25) is 0 Å². The molecule has 0 fully saturated rings. The fraction of sp³-hybridized carbons (Fsp3) is 0.125. The molecule has 0 bridgehead atoms. The first-order valence-electron chi connectivity index (χ1n) is 6.70. The Morgan fingerprint density at radius 1 is 0.900 bits per heavy atom. The molecule has 4 heteroatoms. The van der Waals surface area contributed by atoms with E-state index in [4.69, 9.17) is 5.73 Å². The molecule has 3 aromatic rings. The first kappa shape index (κ1) is 11.2. The minimum atomic E-state index is 0.762. The number of aromatic nitrogens is 3. The molecule has 0 amide bonds. The minimum absolute atomic E-state index is 0.762. The Kier molecular flexibility index (Phi) is 2.36. The first-order valence-corrected chi connectivity index (χ1v) is 6.70. The zero-order valence-corrected chi connectivity index (χ0v) is 11.0. The van der Waals surface area contributed by atoms with Crippen LogP contribution in [0.15, 0.2) is 48.5 Å². The van der Waals surface area contributed by atoms with E-state index in [0.29, 0.717) is 0 Å². The lowest BCUT2D eigenvalue weighted by Gasteiger charge is -2.18. The van der Waals surface area contributed by atoms with Crippen molar-refractivity contribution in [2.45, 2.75) is 13.0 Å². The van der Waals surface area contributed by atoms with Gasteiger partial charge in [-0.1, -0.05) is 24.3 Å². The molecule has 98 valence electrons. The zero-order chi connectivity index (χ0) is 13.5. The number of nitrogens with zero attached hydrogens (tertiary/aromatic N) is 3. The van der Waals surface area contributed by atoms with Crippen LogP contribution in [0.25, 0.3) is 22.8 Å². The summed E-state index contributed by atoms with van der Waals surface area (Å²) in [7, 11) is 0. The lowest BCUT2D eigenvalue weighted by atomic mass is 10.0. The molecule has 2 heterocycles. The number of hydrogen-bond donors (Lipinski definition) is 1. The zero-order valence-electron chi connectivity index (χ0n) is 11.0. The molecule has 0 atom stereocenters. The summed E-state index contributed by atoms with van der Waals surface area (Å²) >= 11 is 0. The molecule has 0 aliphatic carbocycles. The van der Waals surface area contributed by atoms with Crippen LogP contribution in [0.5, 0.6) is 0 Å². The van der Waals surface area contributed by atoms with Gasteiger partial charge in [-0.15, -0.1) is 10.2 Å². The molecule has 0 unspecified atom stereocenters. The van der Waals surface area contributed by atoms with Gasteiger partial charge in [0.15, 0.2) is 11.6 Å². The van der Waals surface area contributed by atoms with Crippen LogP contribution in [0.4, 0.5) is 5.69 Å². The maximum absolute atomic E-state index is 5.74. The first-order chi connectivity index (χ1) is 9.83. The van der Waals surface area contributed by atoms with E-state index < -0.39 is 0 Å². The summed E-state index contributed by atoms with van der Waals surface area (Å²) in [5.41, 5.74) is 10.1. The summed E-state index contributed by atoms with van der Waals surface area (Å²) in [6, 6.07) is 16.2. The second-order valence-corrected chi connectivity index (χ2v) is 5.03. The van der Waals surface area contributed by atoms with Crippen LogP contribution in [-0.2, 0) is 13.0 Å². The van der Waals surface area contributed by atoms with E-state index in [1.165, 1.54) is 11.1 Å². The van der Waals surface area contributed by atoms with Gasteiger partial charge in [-0.3, -0.25) is 0 Å². The smallest absolute Gasteiger partial charge is 0.164 e. The lowest BCUT2D eigenvalue weighted by Crippen LogP contribution is -2.12. The number of nitrogen functional groups attached to an aromatic ring is 1. The summed E-state index contributed by atoms with van der Waals surface area (Å²) in [6.45, 7) is 0.916. The molecular formula is C16H14N4. The van der Waals surface area contributed by atoms with Crippen molar-refractivity contribution >= 4 is 5.69 Å². The van der Waals surface area contributed by atoms with Crippen LogP contribution >= 0.6 is 0 Å². The van der Waals surface area contributed by atoms with Gasteiger partial charge >= 0.3 is 0 Å². The molecule has 1 aromatic heterocycles. The van der Waals surface area contributed by atoms with Crippen molar-refractivity contribution in [3.05, 3.63) is 54.1 Å². The van der Waals surface area contributed by atoms with Crippen molar-refractivity contribution in [2.24, 2.45) is 0 Å². The van der Waals surface area contributed by atoms with Crippen LogP contribution in [0, 0.1) is 0 Å². The van der Waals surface area contributed by atoms with E-state index in [9.17, 15) is 0 Å². The third-order valence-electron chi connectivity index (χ3n) is 3.78. The maximum Gasteiger partial charge on any atom is 0.164 e. The number of hydrogen-bond acceptors (Lipinski definition) is 3. The number of nitrogens with two attached hydrogens (primary N) is 1. The highest BCUT2D eigenvalue weighted by Crippen LogP contribution is 2.31. The molecule has 20 heavy (non-hydrogen) atoms. The van der Waals surface area contributed by atoms with Gasteiger partial charge in [0.25, 0.3) is 0 Å². The Labute approximate surface area is 116 Å². The van der Waals surface area contributed by atoms with E-state index in [1.807, 2.05) is 30.3 Å². The Morgan fingerprint density at radius 2 is 1.65 bits per heavy atom. The van der Waals surface area contributed by atoms with Crippen LogP contribution in [0.2, 0.25) is 0 Å². The van der Waals surface area contributed by atoms with Gasteiger partial charge in [0.05, 0.1) is 0 Å². The normalized spacial score (nSPS) is 12.8. The summed E-state index contributed by atoms with van der Waals surface area (Å²) in [4.78, 5) is 0. The molecular weight excluding hydrogens is 248 g/mol. The molecule has 0 saturated heterocycles. The van der Waals surface area contributed by atoms with Crippen molar-refractivity contribution in [1.82, 2.24) is 14.8 Å². The number of rotatable bonds is 1. The largest absolute Gasteiger partial charge is 0.399 e. The Morgan fingerprint density at radius 3 is 2.50 bits per heavy atom. The highest BCUT2D eigenvalue weighted by Gasteiger charge is 2.21. The molecule has 4 nitrogen and oxygen atoms in total. The van der Waals surface area contributed by atoms with Crippen LogP contribution in [0.1, 0.15) is 5.56 Å². The average Bonchev–Trinajstić information content (AvgIpc) is 2.92. The topological polar surface area (TPSA) is 56.7 Å². The minimum Gasteiger partial charge on any atom is -0.399 e. The van der Waals surface area contributed by atoms with E-state index in [-0.39, 0.29) is 0 Å². The molecule has 0 radical (unpaired) electrons. The van der Waals surface area contributed by atoms with E-state index in [0.717, 1.165) is 35.9 Å². The van der Waals surface area contributed by atoms with E-state index in [2.05, 4.69) is 33.0 Å². The van der Waals surface area contributed by atoms with Gasteiger partial charge in [-0.2, -0.15) is 0 Å². The fourth-order valence-electron chi connectivity index (χ4n) is 2.75. The van der Waals surface area contributed by atoms with E-state index in [1.54, 1.807) is 0 Å². The highest BCUT2D eigenvalue weighted by atomic mass is 15.3. The third-order valence-corrected chi connectivity index (χ3v) is 3.78. The summed E-state index contributed by atoms with van der Waals surface area (Å²) in [6.07, 6.45) is 1.02. The fourth-order valence-corrected chi connectivity index (χ4v) is 2.75. The third kappa shape index (κ3) is 1.61. The predicted molar refractivity (Wildman–Crippen MR) is 79.0 cm³/mol. The quantitative estimate of drug-likeness (QED) is 0.686. The standard InChI is InChI=1S/C16H14N4/c17-13-7-5-12(6-8-13)15-18-19-16-14-4-2-1-3-11(14)9-10-20(15)16/h1-8H,9-10,17H2. The van der Waals surface area contributed by atoms with Crippen molar-refractivity contribution in [1.29, 1.82) is 0 Å². The monoisotopic (exact) mass is 262 g/mol. The number of anilines is 1. The molecule has 1 aliphatic heterocycles. The highest BCUT2D eigenvalue weighted by molar-refractivity contribution is 5.67. The lowest BCUT2D eigenvalue weighted by molar-refractivity contribution is 0.688. The van der Waals surface area contributed by atoms with Gasteiger partial charge in [0, 0.05) is 23.4 Å². The van der Waals surface area contributed by atoms with Gasteiger partial charge < -0.3 is 10.3 Å². The number of benzene rings is 2. The Balaban J connectivity index is 1.87. The van der Waals surface area contributed by atoms with Gasteiger partial charge in [0.1, 0.15) is 0 Å². The Hall–Kier alpha value is -2.62. The average molecular weight is 262 g/mol. The summed E-state index contributed by atoms with van der Waals surface area (Å²) in [5.74, 6) is 1.87. The van der Waals surface area contributed by atoms with Crippen LogP contribution in [-0.4, -0.2) is 14.8 Å². The number of fused-ring (bicyclic) bond motifs is 3. The van der Waals surface area contributed by atoms with Gasteiger partial charge in [-0.05, 0) is 36.2 Å². The van der Waals surface area contributed by atoms with Crippen LogP contribution < -0.4 is 5.73 Å². The van der Waals surface area contributed by atoms with Crippen LogP contribution in [0.3, 0.4) is 0 Å². The molecule has 4 rings (SSSR count). The van der Waals surface area contributed by atoms with Crippen molar-refractivity contribution in [3.8, 4) is 22.8 Å². The molecule has 0 saturated carbocycles. The molecule has 2 N–H and O–H groups in total. The van der Waals surface area contributed by atoms with E-state index >= 15 is 0 Å². The molecule has 2 aromatic carbocycles. The summed E-state index contributed by atoms with van der Waals surface area (Å²) < 4.78 is 2.19. The maximum atomic E-state index is 5.74. The van der Waals surface area contributed by atoms with Crippen molar-refractivity contribution < 1.29 is 0 Å². The predicted octanol–water partition coefficient (Wildman–Crippen LogP) is 2.75. The second kappa shape index (κ2) is 4.20. The van der Waals surface area contributed by atoms with Crippen molar-refractivity contribution in [3.63, 3.8) is 0 Å². The number of aryl methyl sites for hydroxylation is 1. The summed E-state index contributed by atoms with van der Waals surface area (Å²) in [5, 5.41) is 8.75. The molecule has 0 spiro atoms.